The highest BCUT2D eigenvalue weighted by Crippen LogP contribution is 2.05. The summed E-state index contributed by atoms with van der Waals surface area (Å²) >= 11 is 0. The number of nitrogens with zero attached hydrogens (tertiary/aromatic N) is 1. The van der Waals surface area contributed by atoms with Gasteiger partial charge in [-0.2, -0.15) is 0 Å². The van der Waals surface area contributed by atoms with E-state index in [-0.39, 0.29) is 50.8 Å². The zero-order valence-corrected chi connectivity index (χ0v) is 32.2. The van der Waals surface area contributed by atoms with Crippen LogP contribution in [0.3, 0.4) is 0 Å². The normalized spacial score (nSPS) is 17.1. The summed E-state index contributed by atoms with van der Waals surface area (Å²) in [5.74, 6) is 0. The lowest BCUT2D eigenvalue weighted by atomic mass is 10.2. The van der Waals surface area contributed by atoms with Crippen LogP contribution in [0.5, 0.6) is 0 Å². The number of ether oxygens (including phenoxy) is 6. The average molecular weight is 712 g/mol. The van der Waals surface area contributed by atoms with Crippen molar-refractivity contribution in [3.05, 3.63) is 0 Å². The molecule has 296 valence electrons. The van der Waals surface area contributed by atoms with Gasteiger partial charge in [-0.1, -0.05) is 40.0 Å². The fourth-order valence-corrected chi connectivity index (χ4v) is 4.68. The highest BCUT2D eigenvalue weighted by Gasteiger charge is 2.18. The van der Waals surface area contributed by atoms with Crippen molar-refractivity contribution in [3.63, 3.8) is 0 Å². The van der Waals surface area contributed by atoms with Crippen molar-refractivity contribution in [1.82, 2.24) is 15.5 Å². The van der Waals surface area contributed by atoms with E-state index in [1.807, 2.05) is 32.6 Å². The number of hydrogen-bond donors (Lipinski definition) is 6. The maximum absolute atomic E-state index is 10.7. The zero-order valence-electron chi connectivity index (χ0n) is 32.2. The van der Waals surface area contributed by atoms with Gasteiger partial charge in [0.25, 0.3) is 0 Å². The molecule has 13 heteroatoms. The molecular formula is C36H77N3O10. The third-order valence-electron chi connectivity index (χ3n) is 7.64. The van der Waals surface area contributed by atoms with Crippen molar-refractivity contribution >= 4 is 0 Å². The second-order valence-corrected chi connectivity index (χ2v) is 13.5. The number of rotatable bonds is 37. The van der Waals surface area contributed by atoms with Gasteiger partial charge >= 0.3 is 0 Å². The second-order valence-electron chi connectivity index (χ2n) is 13.5. The van der Waals surface area contributed by atoms with E-state index in [1.165, 1.54) is 0 Å². The van der Waals surface area contributed by atoms with Crippen molar-refractivity contribution in [1.29, 1.82) is 0 Å². The summed E-state index contributed by atoms with van der Waals surface area (Å²) < 4.78 is 34.5. The summed E-state index contributed by atoms with van der Waals surface area (Å²) in [5.41, 5.74) is 0. The van der Waals surface area contributed by atoms with E-state index in [2.05, 4.69) is 31.4 Å². The predicted octanol–water partition coefficient (Wildman–Crippen LogP) is 1.97. The molecule has 0 rings (SSSR count). The first kappa shape index (κ1) is 48.5. The van der Waals surface area contributed by atoms with Gasteiger partial charge in [0, 0.05) is 26.2 Å². The summed E-state index contributed by atoms with van der Waals surface area (Å²) in [5, 5.41) is 47.8. The first-order valence-corrected chi connectivity index (χ1v) is 19.0. The van der Waals surface area contributed by atoms with Gasteiger partial charge in [-0.05, 0) is 66.6 Å². The molecule has 0 heterocycles. The minimum absolute atomic E-state index is 0.149. The summed E-state index contributed by atoms with van der Waals surface area (Å²) in [6, 6.07) is 0. The SMILES string of the molecule is CCCCNCC(O)COCC(C)OCC(C)OCC(O)CN(CCCC)CC(O)COCC(C)OCC(C)OCC(O)CNCCCC. The van der Waals surface area contributed by atoms with Gasteiger partial charge in [0.1, 0.15) is 0 Å². The molecule has 0 amide bonds. The smallest absolute Gasteiger partial charge is 0.0900 e. The lowest BCUT2D eigenvalue weighted by molar-refractivity contribution is -0.0842. The summed E-state index contributed by atoms with van der Waals surface area (Å²) in [4.78, 5) is 2.05. The van der Waals surface area contributed by atoms with E-state index in [1.54, 1.807) is 0 Å². The number of hydrogen-bond acceptors (Lipinski definition) is 13. The van der Waals surface area contributed by atoms with Crippen LogP contribution >= 0.6 is 0 Å². The van der Waals surface area contributed by atoms with Crippen LogP contribution in [0.4, 0.5) is 0 Å². The molecule has 0 aromatic rings. The van der Waals surface area contributed by atoms with Crippen LogP contribution in [0, 0.1) is 0 Å². The Labute approximate surface area is 298 Å². The van der Waals surface area contributed by atoms with E-state index in [4.69, 9.17) is 28.4 Å². The van der Waals surface area contributed by atoms with Crippen LogP contribution in [0.15, 0.2) is 0 Å². The van der Waals surface area contributed by atoms with Crippen molar-refractivity contribution in [2.75, 3.05) is 98.7 Å². The molecule has 0 aliphatic carbocycles. The Bertz CT molecular complexity index is 701. The molecule has 0 radical (unpaired) electrons. The molecule has 0 spiro atoms. The Morgan fingerprint density at radius 1 is 0.469 bits per heavy atom. The molecule has 49 heavy (non-hydrogen) atoms. The number of aliphatic hydroxyl groups excluding tert-OH is 4. The van der Waals surface area contributed by atoms with Crippen molar-refractivity contribution in [3.8, 4) is 0 Å². The maximum atomic E-state index is 10.7. The minimum Gasteiger partial charge on any atom is -0.389 e. The van der Waals surface area contributed by atoms with E-state index < -0.39 is 24.4 Å². The van der Waals surface area contributed by atoms with E-state index in [0.29, 0.717) is 52.6 Å². The van der Waals surface area contributed by atoms with Gasteiger partial charge < -0.3 is 59.5 Å². The number of aliphatic hydroxyl groups is 4. The average Bonchev–Trinajstić information content (AvgIpc) is 3.07. The van der Waals surface area contributed by atoms with Crippen LogP contribution in [0.2, 0.25) is 0 Å². The lowest BCUT2D eigenvalue weighted by Gasteiger charge is -2.28. The quantitative estimate of drug-likeness (QED) is 0.0519. The monoisotopic (exact) mass is 712 g/mol. The van der Waals surface area contributed by atoms with Crippen LogP contribution in [-0.2, 0) is 28.4 Å². The minimum atomic E-state index is -0.711. The van der Waals surface area contributed by atoms with Crippen LogP contribution in [-0.4, -0.2) is 173 Å². The molecule has 0 bridgehead atoms. The molecule has 6 N–H and O–H groups in total. The second kappa shape index (κ2) is 33.3. The number of nitrogens with one attached hydrogen (secondary N) is 2. The van der Waals surface area contributed by atoms with Gasteiger partial charge in [-0.15, -0.1) is 0 Å². The standard InChI is InChI=1S/C36H77N3O10/c1-8-11-14-37-17-33(40)25-44-21-29(4)47-24-32(7)49-28-36(43)20-39(16-13-10-3)19-35(42)26-45-22-30(5)46-23-31(6)48-27-34(41)18-38-15-12-9-2/h29-38,40-43H,8-28H2,1-7H3. The number of unbranched alkanes of at least 4 members (excludes halogenated alkanes) is 3. The van der Waals surface area contributed by atoms with Crippen molar-refractivity contribution in [2.24, 2.45) is 0 Å². The molecule has 0 aromatic heterocycles. The highest BCUT2D eigenvalue weighted by atomic mass is 16.6. The largest absolute Gasteiger partial charge is 0.389 e. The topological polar surface area (TPSA) is 164 Å². The van der Waals surface area contributed by atoms with Crippen LogP contribution < -0.4 is 10.6 Å². The van der Waals surface area contributed by atoms with E-state index in [9.17, 15) is 20.4 Å². The van der Waals surface area contributed by atoms with Crippen LogP contribution in [0.1, 0.15) is 87.0 Å². The fourth-order valence-electron chi connectivity index (χ4n) is 4.68. The van der Waals surface area contributed by atoms with Gasteiger partial charge in [0.15, 0.2) is 0 Å². The van der Waals surface area contributed by atoms with Crippen molar-refractivity contribution < 1.29 is 48.8 Å². The highest BCUT2D eigenvalue weighted by molar-refractivity contribution is 4.70. The molecule has 0 fully saturated rings. The third-order valence-corrected chi connectivity index (χ3v) is 7.64. The fraction of sp³-hybridized carbons (Fsp3) is 1.00. The maximum Gasteiger partial charge on any atom is 0.0900 e. The molecule has 0 aromatic carbocycles. The molecule has 13 nitrogen and oxygen atoms in total. The van der Waals surface area contributed by atoms with Gasteiger partial charge in [0.05, 0.1) is 102 Å². The Hall–Kier alpha value is -0.520. The van der Waals surface area contributed by atoms with Crippen molar-refractivity contribution in [2.45, 2.75) is 136 Å². The molecule has 8 unspecified atom stereocenters. The lowest BCUT2D eigenvalue weighted by Crippen LogP contribution is -2.42. The zero-order chi connectivity index (χ0) is 36.7. The van der Waals surface area contributed by atoms with E-state index >= 15 is 0 Å². The first-order chi connectivity index (χ1) is 23.5. The summed E-state index contributed by atoms with van der Waals surface area (Å²) in [7, 11) is 0. The Morgan fingerprint density at radius 3 is 1.31 bits per heavy atom. The third kappa shape index (κ3) is 31.9. The van der Waals surface area contributed by atoms with Gasteiger partial charge in [-0.25, -0.2) is 0 Å². The predicted molar refractivity (Wildman–Crippen MR) is 194 cm³/mol. The van der Waals surface area contributed by atoms with Gasteiger partial charge in [-0.3, -0.25) is 4.90 Å². The first-order valence-electron chi connectivity index (χ1n) is 19.0. The summed E-state index contributed by atoms with van der Waals surface area (Å²) in [6.45, 7) is 20.7. The Morgan fingerprint density at radius 2 is 0.837 bits per heavy atom. The van der Waals surface area contributed by atoms with Gasteiger partial charge in [0.2, 0.25) is 0 Å². The molecular weight excluding hydrogens is 634 g/mol. The molecule has 0 saturated carbocycles. The van der Waals surface area contributed by atoms with Crippen LogP contribution in [0.25, 0.3) is 0 Å². The summed E-state index contributed by atoms with van der Waals surface area (Å²) in [6.07, 6.45) is 3.17. The molecule has 0 aliphatic heterocycles. The van der Waals surface area contributed by atoms with E-state index in [0.717, 1.165) is 58.2 Å². The molecule has 0 aliphatic rings. The molecule has 8 atom stereocenters. The Balaban J connectivity index is 4.20. The Kier molecular flexibility index (Phi) is 33.0. The molecule has 0 saturated heterocycles.